The molecule has 0 aliphatic heterocycles. The van der Waals surface area contributed by atoms with E-state index in [4.69, 9.17) is 4.74 Å². The fourth-order valence-electron chi connectivity index (χ4n) is 1.92. The van der Waals surface area contributed by atoms with Gasteiger partial charge >= 0.3 is 0 Å². The molecule has 0 saturated heterocycles. The lowest BCUT2D eigenvalue weighted by atomic mass is 9.83. The van der Waals surface area contributed by atoms with E-state index in [-0.39, 0.29) is 5.41 Å². The summed E-state index contributed by atoms with van der Waals surface area (Å²) in [6, 6.07) is 1.84. The van der Waals surface area contributed by atoms with Gasteiger partial charge in [-0.25, -0.2) is 4.98 Å². The van der Waals surface area contributed by atoms with E-state index in [1.807, 2.05) is 6.07 Å². The van der Waals surface area contributed by atoms with Gasteiger partial charge in [0.1, 0.15) is 10.4 Å². The van der Waals surface area contributed by atoms with Crippen molar-refractivity contribution >= 4 is 15.9 Å². The maximum Gasteiger partial charge on any atom is 0.217 e. The van der Waals surface area contributed by atoms with Crippen LogP contribution in [-0.4, -0.2) is 16.6 Å². The molecule has 1 heterocycles. The van der Waals surface area contributed by atoms with Gasteiger partial charge in [-0.05, 0) is 28.3 Å². The first-order chi connectivity index (χ1) is 8.45. The number of halogens is 1. The van der Waals surface area contributed by atoms with Crippen LogP contribution in [0.4, 0.5) is 0 Å². The average Bonchev–Trinajstić information content (AvgIpc) is 2.20. The van der Waals surface area contributed by atoms with Crippen LogP contribution in [0.1, 0.15) is 52.3 Å². The molecule has 0 unspecified atom stereocenters. The highest BCUT2D eigenvalue weighted by Gasteiger charge is 2.20. The number of hydrogen-bond donors (Lipinski definition) is 0. The van der Waals surface area contributed by atoms with E-state index in [2.05, 4.69) is 46.7 Å². The van der Waals surface area contributed by atoms with Gasteiger partial charge in [0.15, 0.2) is 0 Å². The lowest BCUT2D eigenvalue weighted by Gasteiger charge is -2.25. The molecule has 1 fully saturated rings. The highest BCUT2D eigenvalue weighted by Crippen LogP contribution is 2.29. The SMILES string of the molecule is CC(C)(C)c1nc(Br)cc(OCCC2CCC2)n1. The van der Waals surface area contributed by atoms with Crippen LogP contribution in [0.5, 0.6) is 5.88 Å². The molecule has 0 amide bonds. The van der Waals surface area contributed by atoms with Gasteiger partial charge in [-0.15, -0.1) is 0 Å². The highest BCUT2D eigenvalue weighted by atomic mass is 79.9. The molecular formula is C14H21BrN2O. The highest BCUT2D eigenvalue weighted by molar-refractivity contribution is 9.10. The van der Waals surface area contributed by atoms with Gasteiger partial charge in [0.2, 0.25) is 5.88 Å². The van der Waals surface area contributed by atoms with Gasteiger partial charge in [-0.3, -0.25) is 0 Å². The van der Waals surface area contributed by atoms with E-state index in [0.717, 1.165) is 29.4 Å². The Labute approximate surface area is 117 Å². The average molecular weight is 313 g/mol. The van der Waals surface area contributed by atoms with E-state index in [9.17, 15) is 0 Å². The molecule has 0 spiro atoms. The maximum atomic E-state index is 5.75. The predicted octanol–water partition coefficient (Wildman–Crippen LogP) is 4.11. The van der Waals surface area contributed by atoms with Crippen LogP contribution in [0.25, 0.3) is 0 Å². The standard InChI is InChI=1S/C14H21BrN2O/c1-14(2,3)13-16-11(15)9-12(17-13)18-8-7-10-5-4-6-10/h9-10H,4-8H2,1-3H3. The molecule has 3 nitrogen and oxygen atoms in total. The molecule has 1 aromatic rings. The van der Waals surface area contributed by atoms with Crippen molar-refractivity contribution in [2.24, 2.45) is 5.92 Å². The van der Waals surface area contributed by atoms with Crippen LogP contribution in [0.2, 0.25) is 0 Å². The molecule has 1 aliphatic rings. The summed E-state index contributed by atoms with van der Waals surface area (Å²) in [5.41, 5.74) is -0.0597. The number of hydrogen-bond acceptors (Lipinski definition) is 3. The Hall–Kier alpha value is -0.640. The van der Waals surface area contributed by atoms with Crippen molar-refractivity contribution in [1.29, 1.82) is 0 Å². The molecule has 1 saturated carbocycles. The van der Waals surface area contributed by atoms with Crippen molar-refractivity contribution < 1.29 is 4.74 Å². The van der Waals surface area contributed by atoms with Gasteiger partial charge in [-0.1, -0.05) is 40.0 Å². The van der Waals surface area contributed by atoms with Crippen molar-refractivity contribution in [1.82, 2.24) is 9.97 Å². The quantitative estimate of drug-likeness (QED) is 0.785. The van der Waals surface area contributed by atoms with Crippen LogP contribution < -0.4 is 4.74 Å². The molecule has 4 heteroatoms. The summed E-state index contributed by atoms with van der Waals surface area (Å²) in [6.07, 6.45) is 5.26. The van der Waals surface area contributed by atoms with E-state index >= 15 is 0 Å². The smallest absolute Gasteiger partial charge is 0.217 e. The summed E-state index contributed by atoms with van der Waals surface area (Å²) in [5.74, 6) is 2.37. The van der Waals surface area contributed by atoms with Crippen LogP contribution in [-0.2, 0) is 5.41 Å². The summed E-state index contributed by atoms with van der Waals surface area (Å²) in [5, 5.41) is 0. The number of ether oxygens (including phenoxy) is 1. The lowest BCUT2D eigenvalue weighted by Crippen LogP contribution is -2.18. The molecule has 100 valence electrons. The molecule has 0 bridgehead atoms. The molecule has 18 heavy (non-hydrogen) atoms. The second-order valence-electron chi connectivity index (χ2n) is 6.04. The second kappa shape index (κ2) is 5.55. The van der Waals surface area contributed by atoms with E-state index in [1.165, 1.54) is 19.3 Å². The van der Waals surface area contributed by atoms with Crippen molar-refractivity contribution in [3.8, 4) is 5.88 Å². The van der Waals surface area contributed by atoms with Gasteiger partial charge in [0, 0.05) is 11.5 Å². The Kier molecular flexibility index (Phi) is 4.25. The third kappa shape index (κ3) is 3.67. The van der Waals surface area contributed by atoms with E-state index in [1.54, 1.807) is 0 Å². The second-order valence-corrected chi connectivity index (χ2v) is 6.85. The normalized spacial score (nSPS) is 16.4. The molecule has 0 N–H and O–H groups in total. The van der Waals surface area contributed by atoms with Gasteiger partial charge in [0.05, 0.1) is 6.61 Å². The van der Waals surface area contributed by atoms with Crippen LogP contribution in [0.3, 0.4) is 0 Å². The minimum Gasteiger partial charge on any atom is -0.478 e. The number of nitrogens with zero attached hydrogens (tertiary/aromatic N) is 2. The van der Waals surface area contributed by atoms with Crippen molar-refractivity contribution in [3.63, 3.8) is 0 Å². The predicted molar refractivity (Wildman–Crippen MR) is 75.9 cm³/mol. The summed E-state index contributed by atoms with van der Waals surface area (Å²) in [7, 11) is 0. The minimum absolute atomic E-state index is 0.0597. The topological polar surface area (TPSA) is 35.0 Å². The first-order valence-corrected chi connectivity index (χ1v) is 7.42. The monoisotopic (exact) mass is 312 g/mol. The minimum atomic E-state index is -0.0597. The third-order valence-corrected chi connectivity index (χ3v) is 3.75. The van der Waals surface area contributed by atoms with Gasteiger partial charge in [-0.2, -0.15) is 4.98 Å². The number of aromatic nitrogens is 2. The Balaban J connectivity index is 1.96. The molecule has 1 aromatic heterocycles. The van der Waals surface area contributed by atoms with Crippen LogP contribution in [0, 0.1) is 5.92 Å². The number of rotatable bonds is 4. The summed E-state index contributed by atoms with van der Waals surface area (Å²) in [4.78, 5) is 8.88. The van der Waals surface area contributed by atoms with Gasteiger partial charge < -0.3 is 4.74 Å². The third-order valence-electron chi connectivity index (χ3n) is 3.34. The zero-order valence-electron chi connectivity index (χ0n) is 11.4. The zero-order valence-corrected chi connectivity index (χ0v) is 13.0. The lowest BCUT2D eigenvalue weighted by molar-refractivity contribution is 0.216. The van der Waals surface area contributed by atoms with Crippen molar-refractivity contribution in [2.45, 2.75) is 51.9 Å². The fourth-order valence-corrected chi connectivity index (χ4v) is 2.28. The fraction of sp³-hybridized carbons (Fsp3) is 0.714. The molecular weight excluding hydrogens is 292 g/mol. The Morgan fingerprint density at radius 3 is 2.61 bits per heavy atom. The Bertz CT molecular complexity index is 411. The summed E-state index contributed by atoms with van der Waals surface area (Å²) in [6.45, 7) is 7.07. The van der Waals surface area contributed by atoms with E-state index in [0.29, 0.717) is 5.88 Å². The summed E-state index contributed by atoms with van der Waals surface area (Å²) >= 11 is 3.42. The first-order valence-electron chi connectivity index (χ1n) is 6.63. The molecule has 1 aliphatic carbocycles. The van der Waals surface area contributed by atoms with Gasteiger partial charge in [0.25, 0.3) is 0 Å². The van der Waals surface area contributed by atoms with Crippen molar-refractivity contribution in [2.75, 3.05) is 6.61 Å². The van der Waals surface area contributed by atoms with Crippen molar-refractivity contribution in [3.05, 3.63) is 16.5 Å². The van der Waals surface area contributed by atoms with E-state index < -0.39 is 0 Å². The first kappa shape index (κ1) is 13.8. The Morgan fingerprint density at radius 2 is 2.06 bits per heavy atom. The van der Waals surface area contributed by atoms with Crippen LogP contribution >= 0.6 is 15.9 Å². The molecule has 0 radical (unpaired) electrons. The maximum absolute atomic E-state index is 5.75. The zero-order chi connectivity index (χ0) is 13.2. The van der Waals surface area contributed by atoms with Crippen LogP contribution in [0.15, 0.2) is 10.7 Å². The molecule has 2 rings (SSSR count). The molecule has 0 aromatic carbocycles. The Morgan fingerprint density at radius 1 is 1.33 bits per heavy atom. The largest absolute Gasteiger partial charge is 0.478 e. The summed E-state index contributed by atoms with van der Waals surface area (Å²) < 4.78 is 6.54. The molecule has 0 atom stereocenters.